The Morgan fingerprint density at radius 2 is 2.00 bits per heavy atom. The Balaban J connectivity index is 1.51. The standard InChI is InChI=1S/C20H19FN4OS/c1-12-11-14-7-3-6-10-17(14)25(12)19(26)13(2)27-20-22-18(23-24-20)15-8-4-5-9-16(15)21/h3-10,12-13H,11H2,1-2H3,(H,22,23,24)/t12-,13+/m0/s1. The van der Waals surface area contributed by atoms with Crippen LogP contribution < -0.4 is 4.90 Å². The minimum atomic E-state index is -0.364. The highest BCUT2D eigenvalue weighted by atomic mass is 32.2. The molecule has 0 radical (unpaired) electrons. The number of halogens is 1. The first-order valence-electron chi connectivity index (χ1n) is 8.79. The fourth-order valence-electron chi connectivity index (χ4n) is 3.38. The molecule has 1 amide bonds. The Bertz CT molecular complexity index is 989. The Morgan fingerprint density at radius 3 is 2.81 bits per heavy atom. The number of hydrogen-bond donors (Lipinski definition) is 1. The lowest BCUT2D eigenvalue weighted by Crippen LogP contribution is -2.40. The molecule has 1 aliphatic heterocycles. The second-order valence-electron chi connectivity index (χ2n) is 6.60. The maximum absolute atomic E-state index is 13.9. The normalized spacial score (nSPS) is 17.0. The van der Waals surface area contributed by atoms with E-state index in [0.717, 1.165) is 12.1 Å². The number of anilines is 1. The maximum Gasteiger partial charge on any atom is 0.240 e. The van der Waals surface area contributed by atoms with Gasteiger partial charge in [0.25, 0.3) is 0 Å². The number of thioether (sulfide) groups is 1. The summed E-state index contributed by atoms with van der Waals surface area (Å²) in [7, 11) is 0. The molecule has 27 heavy (non-hydrogen) atoms. The third-order valence-corrected chi connectivity index (χ3v) is 5.62. The zero-order valence-corrected chi connectivity index (χ0v) is 15.8. The van der Waals surface area contributed by atoms with Gasteiger partial charge in [0.15, 0.2) is 5.82 Å². The highest BCUT2D eigenvalue weighted by molar-refractivity contribution is 8.00. The number of benzene rings is 2. The summed E-state index contributed by atoms with van der Waals surface area (Å²) in [6.07, 6.45) is 0.859. The summed E-state index contributed by atoms with van der Waals surface area (Å²) in [6.45, 7) is 3.90. The van der Waals surface area contributed by atoms with Gasteiger partial charge in [-0.05, 0) is 44.0 Å². The zero-order chi connectivity index (χ0) is 19.0. The number of nitrogens with one attached hydrogen (secondary N) is 1. The van der Waals surface area contributed by atoms with Gasteiger partial charge in [0.05, 0.1) is 10.8 Å². The lowest BCUT2D eigenvalue weighted by molar-refractivity contribution is -0.118. The quantitative estimate of drug-likeness (QED) is 0.691. The van der Waals surface area contributed by atoms with E-state index in [1.165, 1.54) is 23.4 Å². The molecule has 0 spiro atoms. The first kappa shape index (κ1) is 17.7. The van der Waals surface area contributed by atoms with Crippen molar-refractivity contribution in [3.05, 3.63) is 59.9 Å². The molecule has 0 bridgehead atoms. The van der Waals surface area contributed by atoms with Crippen LogP contribution in [-0.2, 0) is 11.2 Å². The predicted molar refractivity (Wildman–Crippen MR) is 104 cm³/mol. The number of H-pyrrole nitrogens is 1. The lowest BCUT2D eigenvalue weighted by atomic mass is 10.1. The summed E-state index contributed by atoms with van der Waals surface area (Å²) in [4.78, 5) is 19.2. The Hall–Kier alpha value is -2.67. The van der Waals surface area contributed by atoms with E-state index in [4.69, 9.17) is 0 Å². The molecule has 0 saturated carbocycles. The second kappa shape index (κ2) is 7.15. The molecule has 1 aromatic heterocycles. The van der Waals surface area contributed by atoms with Crippen molar-refractivity contribution in [2.45, 2.75) is 36.7 Å². The number of carbonyl (C=O) groups excluding carboxylic acids is 1. The van der Waals surface area contributed by atoms with Gasteiger partial charge in [-0.15, -0.1) is 5.10 Å². The van der Waals surface area contributed by atoms with Crippen LogP contribution in [0.3, 0.4) is 0 Å². The zero-order valence-electron chi connectivity index (χ0n) is 15.0. The summed E-state index contributed by atoms with van der Waals surface area (Å²) in [5.74, 6) is 0.0154. The summed E-state index contributed by atoms with van der Waals surface area (Å²) in [5.41, 5.74) is 2.53. The summed E-state index contributed by atoms with van der Waals surface area (Å²) >= 11 is 1.27. The molecule has 5 nitrogen and oxygen atoms in total. The van der Waals surface area contributed by atoms with Crippen LogP contribution in [0.15, 0.2) is 53.7 Å². The van der Waals surface area contributed by atoms with Crippen molar-refractivity contribution >= 4 is 23.4 Å². The summed E-state index contributed by atoms with van der Waals surface area (Å²) in [6, 6.07) is 14.5. The van der Waals surface area contributed by atoms with Gasteiger partial charge in [0.1, 0.15) is 5.82 Å². The van der Waals surface area contributed by atoms with E-state index < -0.39 is 0 Å². The van der Waals surface area contributed by atoms with Crippen LogP contribution in [-0.4, -0.2) is 32.4 Å². The van der Waals surface area contributed by atoms with Crippen molar-refractivity contribution in [3.8, 4) is 11.4 Å². The number of rotatable bonds is 4. The van der Waals surface area contributed by atoms with Crippen LogP contribution in [0.1, 0.15) is 19.4 Å². The first-order chi connectivity index (χ1) is 13.0. The van der Waals surface area contributed by atoms with Gasteiger partial charge in [-0.2, -0.15) is 0 Å². The van der Waals surface area contributed by atoms with Crippen LogP contribution in [0.5, 0.6) is 0 Å². The number of aromatic amines is 1. The van der Waals surface area contributed by atoms with E-state index in [1.807, 2.05) is 30.0 Å². The molecule has 2 atom stereocenters. The van der Waals surface area contributed by atoms with Crippen molar-refractivity contribution in [2.24, 2.45) is 0 Å². The predicted octanol–water partition coefficient (Wildman–Crippen LogP) is 4.07. The maximum atomic E-state index is 13.9. The SMILES string of the molecule is C[C@@H](Sc1n[nH]c(-c2ccccc2F)n1)C(=O)N1c2ccccc2C[C@@H]1C. The number of carbonyl (C=O) groups is 1. The largest absolute Gasteiger partial charge is 0.308 e. The lowest BCUT2D eigenvalue weighted by Gasteiger charge is -2.25. The Labute approximate surface area is 161 Å². The van der Waals surface area contributed by atoms with Gasteiger partial charge >= 0.3 is 0 Å². The molecule has 138 valence electrons. The van der Waals surface area contributed by atoms with Crippen molar-refractivity contribution < 1.29 is 9.18 Å². The molecule has 3 aromatic rings. The topological polar surface area (TPSA) is 61.9 Å². The minimum absolute atomic E-state index is 0.0229. The molecular formula is C20H19FN4OS. The molecule has 7 heteroatoms. The molecule has 2 aromatic carbocycles. The molecule has 2 heterocycles. The Kier molecular flexibility index (Phi) is 4.70. The van der Waals surface area contributed by atoms with Crippen molar-refractivity contribution in [1.29, 1.82) is 0 Å². The second-order valence-corrected chi connectivity index (χ2v) is 7.90. The molecule has 0 fully saturated rings. The van der Waals surface area contributed by atoms with Crippen LogP contribution >= 0.6 is 11.8 Å². The number of para-hydroxylation sites is 1. The highest BCUT2D eigenvalue weighted by Crippen LogP contribution is 2.34. The van der Waals surface area contributed by atoms with Gasteiger partial charge in [-0.1, -0.05) is 42.1 Å². The monoisotopic (exact) mass is 382 g/mol. The molecule has 0 saturated heterocycles. The van der Waals surface area contributed by atoms with E-state index in [0.29, 0.717) is 16.5 Å². The van der Waals surface area contributed by atoms with Gasteiger partial charge in [0, 0.05) is 11.7 Å². The number of amides is 1. The fourth-order valence-corrected chi connectivity index (χ4v) is 4.15. The van der Waals surface area contributed by atoms with Gasteiger partial charge in [-0.25, -0.2) is 9.37 Å². The molecule has 0 unspecified atom stereocenters. The third kappa shape index (κ3) is 3.35. The molecule has 1 N–H and O–H groups in total. The minimum Gasteiger partial charge on any atom is -0.308 e. The summed E-state index contributed by atoms with van der Waals surface area (Å²) < 4.78 is 13.9. The van der Waals surface area contributed by atoms with E-state index in [-0.39, 0.29) is 23.0 Å². The van der Waals surface area contributed by atoms with Crippen molar-refractivity contribution in [2.75, 3.05) is 4.90 Å². The van der Waals surface area contributed by atoms with Crippen LogP contribution in [0.4, 0.5) is 10.1 Å². The van der Waals surface area contributed by atoms with Gasteiger partial charge < -0.3 is 4.90 Å². The van der Waals surface area contributed by atoms with Crippen molar-refractivity contribution in [3.63, 3.8) is 0 Å². The molecule has 1 aliphatic rings. The third-order valence-electron chi connectivity index (χ3n) is 4.67. The fraction of sp³-hybridized carbons (Fsp3) is 0.250. The molecular weight excluding hydrogens is 363 g/mol. The van der Waals surface area contributed by atoms with E-state index in [1.54, 1.807) is 18.2 Å². The number of hydrogen-bond acceptors (Lipinski definition) is 4. The summed E-state index contributed by atoms with van der Waals surface area (Å²) in [5, 5.41) is 6.96. The Morgan fingerprint density at radius 1 is 1.26 bits per heavy atom. The number of fused-ring (bicyclic) bond motifs is 1. The van der Waals surface area contributed by atoms with Crippen LogP contribution in [0.2, 0.25) is 0 Å². The first-order valence-corrected chi connectivity index (χ1v) is 9.67. The highest BCUT2D eigenvalue weighted by Gasteiger charge is 2.33. The average molecular weight is 382 g/mol. The van der Waals surface area contributed by atoms with Crippen LogP contribution in [0, 0.1) is 5.82 Å². The average Bonchev–Trinajstić information content (AvgIpc) is 3.25. The van der Waals surface area contributed by atoms with E-state index in [9.17, 15) is 9.18 Å². The number of nitrogens with zero attached hydrogens (tertiary/aromatic N) is 3. The van der Waals surface area contributed by atoms with Gasteiger partial charge in [-0.3, -0.25) is 9.89 Å². The van der Waals surface area contributed by atoms with E-state index in [2.05, 4.69) is 28.2 Å². The smallest absolute Gasteiger partial charge is 0.240 e. The molecule has 0 aliphatic carbocycles. The molecule has 4 rings (SSSR count). The number of aromatic nitrogens is 3. The van der Waals surface area contributed by atoms with Gasteiger partial charge in [0.2, 0.25) is 11.1 Å². The van der Waals surface area contributed by atoms with E-state index >= 15 is 0 Å². The van der Waals surface area contributed by atoms with Crippen LogP contribution in [0.25, 0.3) is 11.4 Å². The van der Waals surface area contributed by atoms with Crippen molar-refractivity contribution in [1.82, 2.24) is 15.2 Å².